The molecule has 0 bridgehead atoms. The Bertz CT molecular complexity index is 593. The van der Waals surface area contributed by atoms with Crippen LogP contribution >= 0.6 is 24.4 Å². The van der Waals surface area contributed by atoms with Crippen LogP contribution < -0.4 is 21.7 Å². The number of hydrogen-bond acceptors (Lipinski definition) is 8. The van der Waals surface area contributed by atoms with Gasteiger partial charge in [0.1, 0.15) is 12.1 Å². The van der Waals surface area contributed by atoms with Crippen LogP contribution in [0.2, 0.25) is 0 Å². The van der Waals surface area contributed by atoms with Crippen LogP contribution in [0.4, 0.5) is 0 Å². The lowest BCUT2D eigenvalue weighted by atomic mass is 9.97. The molecule has 0 aromatic heterocycles. The molecule has 30 heavy (non-hydrogen) atoms. The molecule has 3 amide bonds. The molecule has 0 aromatic rings. The van der Waals surface area contributed by atoms with Gasteiger partial charge in [0.25, 0.3) is 0 Å². The Morgan fingerprint density at radius 3 is 2.03 bits per heavy atom. The topological polar surface area (TPSA) is 171 Å². The number of aliphatic hydroxyl groups is 1. The third kappa shape index (κ3) is 9.54. The van der Waals surface area contributed by atoms with E-state index in [0.717, 1.165) is 0 Å². The van der Waals surface area contributed by atoms with E-state index >= 15 is 0 Å². The summed E-state index contributed by atoms with van der Waals surface area (Å²) in [7, 11) is 0. The van der Waals surface area contributed by atoms with Crippen LogP contribution in [0, 0.1) is 5.92 Å². The molecular formula is C18H34N4O6S2. The van der Waals surface area contributed by atoms with Crippen LogP contribution in [-0.4, -0.2) is 81.9 Å². The fourth-order valence-corrected chi connectivity index (χ4v) is 3.18. The Morgan fingerprint density at radius 2 is 1.60 bits per heavy atom. The van der Waals surface area contributed by atoms with Gasteiger partial charge in [-0.3, -0.25) is 14.4 Å². The summed E-state index contributed by atoms with van der Waals surface area (Å²) >= 11 is 5.64. The molecule has 12 heteroatoms. The molecule has 0 saturated carbocycles. The van der Waals surface area contributed by atoms with Crippen molar-refractivity contribution in [3.8, 4) is 0 Å². The first-order valence-corrected chi connectivity index (χ1v) is 11.7. The lowest BCUT2D eigenvalue weighted by molar-refractivity contribution is -0.145. The minimum atomic E-state index is -1.52. The van der Waals surface area contributed by atoms with Gasteiger partial charge < -0.3 is 31.9 Å². The van der Waals surface area contributed by atoms with E-state index < -0.39 is 54.0 Å². The number of aliphatic hydroxyl groups excluding tert-OH is 1. The largest absolute Gasteiger partial charge is 0.480 e. The number of nitrogens with one attached hydrogen (secondary N) is 3. The average molecular weight is 467 g/mol. The molecule has 0 aliphatic rings. The number of hydrogen-bond donors (Lipinski definition) is 7. The number of carbonyl (C=O) groups is 4. The second-order valence-electron chi connectivity index (χ2n) is 7.07. The molecule has 0 rings (SSSR count). The number of nitrogens with two attached hydrogens (primary N) is 1. The van der Waals surface area contributed by atoms with E-state index in [1.165, 1.54) is 6.92 Å². The summed E-state index contributed by atoms with van der Waals surface area (Å²) in [6, 6.07) is -4.38. The Balaban J connectivity index is 5.25. The lowest BCUT2D eigenvalue weighted by Crippen LogP contribution is -2.60. The van der Waals surface area contributed by atoms with Crippen molar-refractivity contribution in [1.82, 2.24) is 16.0 Å². The summed E-state index contributed by atoms with van der Waals surface area (Å²) in [5.41, 5.74) is 5.81. The van der Waals surface area contributed by atoms with Gasteiger partial charge in [-0.25, -0.2) is 4.79 Å². The summed E-state index contributed by atoms with van der Waals surface area (Å²) in [4.78, 5) is 48.7. The summed E-state index contributed by atoms with van der Waals surface area (Å²) in [5.74, 6) is -2.94. The van der Waals surface area contributed by atoms with Gasteiger partial charge in [-0.2, -0.15) is 24.4 Å². The maximum atomic E-state index is 12.7. The Morgan fingerprint density at radius 1 is 1.03 bits per heavy atom. The van der Waals surface area contributed by atoms with E-state index in [-0.39, 0.29) is 11.7 Å². The van der Waals surface area contributed by atoms with Gasteiger partial charge in [-0.15, -0.1) is 0 Å². The predicted molar refractivity (Wildman–Crippen MR) is 119 cm³/mol. The van der Waals surface area contributed by atoms with E-state index in [4.69, 9.17) is 10.8 Å². The number of carbonyl (C=O) groups excluding carboxylic acids is 3. The molecule has 10 nitrogen and oxygen atoms in total. The third-order valence-corrected chi connectivity index (χ3v) is 5.63. The van der Waals surface area contributed by atoms with E-state index in [1.54, 1.807) is 18.7 Å². The molecule has 0 aliphatic heterocycles. The quantitative estimate of drug-likeness (QED) is 0.159. The summed E-state index contributed by atoms with van der Waals surface area (Å²) < 4.78 is 0. The van der Waals surface area contributed by atoms with E-state index in [1.807, 2.05) is 13.2 Å². The first-order valence-electron chi connectivity index (χ1n) is 9.67. The fraction of sp³-hybridized carbons (Fsp3) is 0.778. The van der Waals surface area contributed by atoms with Crippen molar-refractivity contribution in [2.45, 2.75) is 63.9 Å². The standard InChI is InChI=1S/C18H34N4O6S2/c1-5-9(2)13(17(26)22-14(10(3)23)18(27)28)21-16(25)12(8-29)20-15(24)11(19)6-7-30-4/h9-14,23,29H,5-8,19H2,1-4H3,(H,20,24)(H,21,25)(H,22,26)(H,27,28). The van der Waals surface area contributed by atoms with Crippen molar-refractivity contribution in [2.75, 3.05) is 17.8 Å². The van der Waals surface area contributed by atoms with Gasteiger partial charge >= 0.3 is 5.97 Å². The minimum Gasteiger partial charge on any atom is -0.480 e. The van der Waals surface area contributed by atoms with E-state index in [2.05, 4.69) is 28.6 Å². The highest BCUT2D eigenvalue weighted by Gasteiger charge is 2.33. The maximum absolute atomic E-state index is 12.7. The van der Waals surface area contributed by atoms with Gasteiger partial charge in [-0.05, 0) is 31.3 Å². The van der Waals surface area contributed by atoms with Crippen molar-refractivity contribution in [1.29, 1.82) is 0 Å². The van der Waals surface area contributed by atoms with Crippen molar-refractivity contribution in [2.24, 2.45) is 11.7 Å². The Labute approximate surface area is 186 Å². The van der Waals surface area contributed by atoms with Crippen LogP contribution in [0.1, 0.15) is 33.6 Å². The monoisotopic (exact) mass is 466 g/mol. The number of aliphatic carboxylic acids is 1. The molecule has 174 valence electrons. The van der Waals surface area contributed by atoms with Crippen LogP contribution in [0.5, 0.6) is 0 Å². The highest BCUT2D eigenvalue weighted by molar-refractivity contribution is 7.98. The van der Waals surface area contributed by atoms with E-state index in [9.17, 15) is 24.3 Å². The van der Waals surface area contributed by atoms with Gasteiger partial charge in [0.15, 0.2) is 6.04 Å². The first kappa shape index (κ1) is 28.5. The molecule has 0 aliphatic carbocycles. The summed E-state index contributed by atoms with van der Waals surface area (Å²) in [6.45, 7) is 4.76. The zero-order valence-electron chi connectivity index (χ0n) is 17.8. The SMILES string of the molecule is CCC(C)C(NC(=O)C(CS)NC(=O)C(N)CCSC)C(=O)NC(C(=O)O)C(C)O. The highest BCUT2D eigenvalue weighted by Crippen LogP contribution is 2.10. The minimum absolute atomic E-state index is 0.0207. The molecule has 0 spiro atoms. The van der Waals surface area contributed by atoms with Gasteiger partial charge in [0.05, 0.1) is 12.1 Å². The second kappa shape index (κ2) is 14.5. The molecule has 0 aromatic carbocycles. The average Bonchev–Trinajstić information content (AvgIpc) is 2.70. The zero-order valence-corrected chi connectivity index (χ0v) is 19.5. The Kier molecular flexibility index (Phi) is 13.8. The molecule has 7 N–H and O–H groups in total. The summed E-state index contributed by atoms with van der Waals surface area (Å²) in [5, 5.41) is 26.1. The van der Waals surface area contributed by atoms with Crippen molar-refractivity contribution in [3.05, 3.63) is 0 Å². The van der Waals surface area contributed by atoms with Gasteiger partial charge in [-0.1, -0.05) is 20.3 Å². The molecule has 6 unspecified atom stereocenters. The van der Waals surface area contributed by atoms with Crippen LogP contribution in [0.25, 0.3) is 0 Å². The normalized spacial score (nSPS) is 17.0. The Hall–Kier alpha value is -1.50. The third-order valence-electron chi connectivity index (χ3n) is 4.62. The molecule has 6 atom stereocenters. The van der Waals surface area contributed by atoms with Crippen molar-refractivity contribution >= 4 is 48.1 Å². The highest BCUT2D eigenvalue weighted by atomic mass is 32.2. The van der Waals surface area contributed by atoms with Crippen LogP contribution in [0.3, 0.4) is 0 Å². The number of carboxylic acids is 1. The number of carboxylic acid groups (broad SMARTS) is 1. The fourth-order valence-electron chi connectivity index (χ4n) is 2.44. The van der Waals surface area contributed by atoms with Crippen LogP contribution in [-0.2, 0) is 19.2 Å². The molecule has 0 fully saturated rings. The molecular weight excluding hydrogens is 432 g/mol. The number of rotatable bonds is 14. The number of thioether (sulfide) groups is 1. The smallest absolute Gasteiger partial charge is 0.328 e. The van der Waals surface area contributed by atoms with Crippen molar-refractivity contribution in [3.63, 3.8) is 0 Å². The number of amides is 3. The maximum Gasteiger partial charge on any atom is 0.328 e. The predicted octanol–water partition coefficient (Wildman–Crippen LogP) is -1.04. The number of thiol groups is 1. The molecule has 0 radical (unpaired) electrons. The first-order chi connectivity index (χ1) is 14.0. The molecule has 0 heterocycles. The van der Waals surface area contributed by atoms with Gasteiger partial charge in [0, 0.05) is 5.75 Å². The second-order valence-corrected chi connectivity index (χ2v) is 8.42. The van der Waals surface area contributed by atoms with Gasteiger partial charge in [0.2, 0.25) is 17.7 Å². The molecule has 0 saturated heterocycles. The zero-order chi connectivity index (χ0) is 23.4. The van der Waals surface area contributed by atoms with Crippen molar-refractivity contribution < 1.29 is 29.4 Å². The van der Waals surface area contributed by atoms with E-state index in [0.29, 0.717) is 18.6 Å². The lowest BCUT2D eigenvalue weighted by Gasteiger charge is -2.28. The van der Waals surface area contributed by atoms with Crippen LogP contribution in [0.15, 0.2) is 0 Å². The summed E-state index contributed by atoms with van der Waals surface area (Å²) in [6.07, 6.45) is 1.53.